The van der Waals surface area contributed by atoms with E-state index in [9.17, 15) is 4.79 Å². The van der Waals surface area contributed by atoms with Crippen molar-refractivity contribution in [2.45, 2.75) is 12.8 Å². The summed E-state index contributed by atoms with van der Waals surface area (Å²) in [4.78, 5) is 12.5. The minimum Gasteiger partial charge on any atom is -0.497 e. The van der Waals surface area contributed by atoms with Crippen molar-refractivity contribution in [3.8, 4) is 5.75 Å². The third-order valence-electron chi connectivity index (χ3n) is 2.48. The molecular formula is C13H14O2S. The molecule has 1 aliphatic heterocycles. The van der Waals surface area contributed by atoms with Crippen LogP contribution in [0.4, 0.5) is 0 Å². The number of carbonyl (C=O) groups is 1. The van der Waals surface area contributed by atoms with Crippen molar-refractivity contribution >= 4 is 23.6 Å². The fraction of sp³-hybridized carbons (Fsp3) is 0.308. The molecular weight excluding hydrogens is 220 g/mol. The predicted molar refractivity (Wildman–Crippen MR) is 67.7 cm³/mol. The number of Topliss-reactive ketones (excluding diaryl/α,β-unsaturated/α-hetero) is 1. The van der Waals surface area contributed by atoms with Crippen molar-refractivity contribution in [2.24, 2.45) is 0 Å². The van der Waals surface area contributed by atoms with Gasteiger partial charge in [0.25, 0.3) is 0 Å². The lowest BCUT2D eigenvalue weighted by Gasteiger charge is -2.12. The van der Waals surface area contributed by atoms with Crippen LogP contribution in [0, 0.1) is 0 Å². The van der Waals surface area contributed by atoms with Crippen LogP contribution in [-0.4, -0.2) is 18.6 Å². The Labute approximate surface area is 99.7 Å². The summed E-state index contributed by atoms with van der Waals surface area (Å²) < 4.78 is 5.10. The Balaban J connectivity index is 2.12. The summed E-state index contributed by atoms with van der Waals surface area (Å²) in [5.74, 6) is 2.12. The minimum atomic E-state index is 0.346. The summed E-state index contributed by atoms with van der Waals surface area (Å²) in [5.41, 5.74) is 1.12. The Hall–Kier alpha value is -1.22. The van der Waals surface area contributed by atoms with Gasteiger partial charge in [-0.05, 0) is 28.7 Å². The van der Waals surface area contributed by atoms with Crippen molar-refractivity contribution in [1.82, 2.24) is 0 Å². The minimum absolute atomic E-state index is 0.346. The van der Waals surface area contributed by atoms with Crippen molar-refractivity contribution in [3.05, 3.63) is 34.7 Å². The standard InChI is InChI=1S/C13H14O2S/c1-15-12-4-2-10(3-5-12)8-13-9-11(14)6-7-16-13/h2-5,8H,6-7,9H2,1H3. The van der Waals surface area contributed by atoms with E-state index >= 15 is 0 Å². The highest BCUT2D eigenvalue weighted by atomic mass is 32.2. The topological polar surface area (TPSA) is 26.3 Å². The summed E-state index contributed by atoms with van der Waals surface area (Å²) in [6, 6.07) is 7.88. The molecule has 0 aromatic heterocycles. The van der Waals surface area contributed by atoms with Crippen LogP contribution >= 0.6 is 11.8 Å². The lowest BCUT2D eigenvalue weighted by atomic mass is 10.1. The molecule has 0 bridgehead atoms. The second kappa shape index (κ2) is 5.21. The fourth-order valence-corrected chi connectivity index (χ4v) is 2.68. The van der Waals surface area contributed by atoms with E-state index in [-0.39, 0.29) is 0 Å². The maximum atomic E-state index is 11.3. The van der Waals surface area contributed by atoms with Gasteiger partial charge in [0, 0.05) is 18.6 Å². The second-order valence-electron chi connectivity index (χ2n) is 3.70. The number of benzene rings is 1. The number of carbonyl (C=O) groups excluding carboxylic acids is 1. The number of rotatable bonds is 2. The first-order valence-electron chi connectivity index (χ1n) is 5.27. The van der Waals surface area contributed by atoms with Crippen LogP contribution in [0.3, 0.4) is 0 Å². The maximum absolute atomic E-state index is 11.3. The van der Waals surface area contributed by atoms with Gasteiger partial charge >= 0.3 is 0 Å². The molecule has 3 heteroatoms. The van der Waals surface area contributed by atoms with E-state index in [0.717, 1.165) is 17.1 Å². The molecule has 1 heterocycles. The van der Waals surface area contributed by atoms with Crippen molar-refractivity contribution < 1.29 is 9.53 Å². The van der Waals surface area contributed by atoms with E-state index in [2.05, 4.69) is 6.08 Å². The van der Waals surface area contributed by atoms with Crippen LogP contribution in [0.1, 0.15) is 18.4 Å². The van der Waals surface area contributed by atoms with Gasteiger partial charge in [-0.3, -0.25) is 4.79 Å². The molecule has 84 valence electrons. The van der Waals surface area contributed by atoms with Gasteiger partial charge in [0.15, 0.2) is 0 Å². The predicted octanol–water partition coefficient (Wildman–Crippen LogP) is 3.13. The summed E-state index contributed by atoms with van der Waals surface area (Å²) in [6.07, 6.45) is 3.39. The number of ether oxygens (including phenoxy) is 1. The first-order valence-corrected chi connectivity index (χ1v) is 6.25. The lowest BCUT2D eigenvalue weighted by molar-refractivity contribution is -0.118. The van der Waals surface area contributed by atoms with E-state index < -0.39 is 0 Å². The number of allylic oxidation sites excluding steroid dienone is 1. The monoisotopic (exact) mass is 234 g/mol. The highest BCUT2D eigenvalue weighted by Gasteiger charge is 2.13. The Morgan fingerprint density at radius 2 is 2.06 bits per heavy atom. The number of hydrogen-bond acceptors (Lipinski definition) is 3. The first kappa shape index (κ1) is 11.3. The molecule has 1 aromatic carbocycles. The second-order valence-corrected chi connectivity index (χ2v) is 4.92. The average Bonchev–Trinajstić information content (AvgIpc) is 2.30. The Kier molecular flexibility index (Phi) is 3.67. The number of ketones is 1. The molecule has 0 saturated carbocycles. The highest BCUT2D eigenvalue weighted by Crippen LogP contribution is 2.29. The molecule has 0 amide bonds. The number of thioether (sulfide) groups is 1. The van der Waals surface area contributed by atoms with Gasteiger partial charge in [-0.2, -0.15) is 0 Å². The summed E-state index contributed by atoms with van der Waals surface area (Å²) >= 11 is 1.78. The molecule has 2 rings (SSSR count). The number of methoxy groups -OCH3 is 1. The van der Waals surface area contributed by atoms with Crippen molar-refractivity contribution in [1.29, 1.82) is 0 Å². The maximum Gasteiger partial charge on any atom is 0.138 e. The fourth-order valence-electron chi connectivity index (χ4n) is 1.61. The molecule has 0 radical (unpaired) electrons. The summed E-state index contributed by atoms with van der Waals surface area (Å²) in [7, 11) is 1.66. The van der Waals surface area contributed by atoms with E-state index in [1.54, 1.807) is 18.9 Å². The zero-order chi connectivity index (χ0) is 11.4. The van der Waals surface area contributed by atoms with Crippen LogP contribution < -0.4 is 4.74 Å². The molecule has 0 N–H and O–H groups in total. The Bertz CT molecular complexity index is 406. The SMILES string of the molecule is COc1ccc(C=C2CC(=O)CCS2)cc1. The van der Waals surface area contributed by atoms with E-state index in [1.165, 1.54) is 4.91 Å². The molecule has 16 heavy (non-hydrogen) atoms. The van der Waals surface area contributed by atoms with Gasteiger partial charge in [-0.15, -0.1) is 11.8 Å². The molecule has 0 aliphatic carbocycles. The normalized spacial score (nSPS) is 18.8. The molecule has 1 saturated heterocycles. The molecule has 2 nitrogen and oxygen atoms in total. The molecule has 0 unspecified atom stereocenters. The first-order chi connectivity index (χ1) is 7.78. The van der Waals surface area contributed by atoms with Crippen LogP contribution in [0.2, 0.25) is 0 Å². The third kappa shape index (κ3) is 2.89. The van der Waals surface area contributed by atoms with Gasteiger partial charge in [0.2, 0.25) is 0 Å². The van der Waals surface area contributed by atoms with Crippen molar-refractivity contribution in [2.75, 3.05) is 12.9 Å². The lowest BCUT2D eigenvalue weighted by Crippen LogP contribution is -2.05. The van der Waals surface area contributed by atoms with Crippen LogP contribution in [0.25, 0.3) is 6.08 Å². The zero-order valence-corrected chi connectivity index (χ0v) is 10.0. The van der Waals surface area contributed by atoms with Gasteiger partial charge in [0.1, 0.15) is 11.5 Å². The molecule has 0 atom stereocenters. The molecule has 0 spiro atoms. The summed E-state index contributed by atoms with van der Waals surface area (Å²) in [5, 5.41) is 0. The van der Waals surface area contributed by atoms with Gasteiger partial charge in [-0.1, -0.05) is 12.1 Å². The zero-order valence-electron chi connectivity index (χ0n) is 9.23. The Morgan fingerprint density at radius 1 is 1.31 bits per heavy atom. The van der Waals surface area contributed by atoms with E-state index in [4.69, 9.17) is 4.74 Å². The molecule has 1 aliphatic rings. The van der Waals surface area contributed by atoms with Crippen LogP contribution in [0.15, 0.2) is 29.2 Å². The van der Waals surface area contributed by atoms with E-state index in [0.29, 0.717) is 18.6 Å². The van der Waals surface area contributed by atoms with Gasteiger partial charge in [-0.25, -0.2) is 0 Å². The molecule has 1 fully saturated rings. The smallest absolute Gasteiger partial charge is 0.138 e. The average molecular weight is 234 g/mol. The largest absolute Gasteiger partial charge is 0.497 e. The van der Waals surface area contributed by atoms with Gasteiger partial charge in [0.05, 0.1) is 7.11 Å². The highest BCUT2D eigenvalue weighted by molar-refractivity contribution is 8.03. The van der Waals surface area contributed by atoms with Crippen molar-refractivity contribution in [3.63, 3.8) is 0 Å². The molecule has 1 aromatic rings. The number of hydrogen-bond donors (Lipinski definition) is 0. The third-order valence-corrected chi connectivity index (χ3v) is 3.52. The van der Waals surface area contributed by atoms with Crippen LogP contribution in [0.5, 0.6) is 5.75 Å². The quantitative estimate of drug-likeness (QED) is 0.786. The van der Waals surface area contributed by atoms with Gasteiger partial charge < -0.3 is 4.74 Å². The van der Waals surface area contributed by atoms with E-state index in [1.807, 2.05) is 24.3 Å². The summed E-state index contributed by atoms with van der Waals surface area (Å²) in [6.45, 7) is 0. The Morgan fingerprint density at radius 3 is 2.69 bits per heavy atom. The van der Waals surface area contributed by atoms with Crippen LogP contribution in [-0.2, 0) is 4.79 Å².